The summed E-state index contributed by atoms with van der Waals surface area (Å²) in [7, 11) is -3.05. The van der Waals surface area contributed by atoms with Crippen molar-refractivity contribution in [2.75, 3.05) is 13.2 Å². The molecule has 0 fully saturated rings. The molecule has 24 heavy (non-hydrogen) atoms. The summed E-state index contributed by atoms with van der Waals surface area (Å²) in [5.74, 6) is 0. The molecule has 0 N–H and O–H groups in total. The Labute approximate surface area is 148 Å². The first kappa shape index (κ1) is 21.4. The molecule has 1 rings (SSSR count). The number of unbranched alkanes of at least 4 members (excludes halogenated alkanes) is 6. The molecule has 0 aliphatic rings. The zero-order valence-electron chi connectivity index (χ0n) is 15.8. The highest BCUT2D eigenvalue weighted by Crippen LogP contribution is 2.51. The maximum atomic E-state index is 13.1. The van der Waals surface area contributed by atoms with Crippen molar-refractivity contribution in [1.82, 2.24) is 0 Å². The molecule has 0 saturated heterocycles. The van der Waals surface area contributed by atoms with Crippen LogP contribution in [0.1, 0.15) is 76.3 Å². The molecule has 1 aromatic carbocycles. The molecule has 138 valence electrons. The van der Waals surface area contributed by atoms with Crippen molar-refractivity contribution >= 4 is 7.60 Å². The number of hydrogen-bond acceptors (Lipinski definition) is 3. The van der Waals surface area contributed by atoms with Crippen molar-refractivity contribution in [3.63, 3.8) is 0 Å². The largest absolute Gasteiger partial charge is 0.335 e. The Morgan fingerprint density at radius 1 is 0.792 bits per heavy atom. The zero-order valence-corrected chi connectivity index (χ0v) is 16.7. The highest BCUT2D eigenvalue weighted by molar-refractivity contribution is 7.53. The number of aryl methyl sites for hydroxylation is 1. The third-order valence-corrected chi connectivity index (χ3v) is 5.97. The van der Waals surface area contributed by atoms with Gasteiger partial charge in [-0.05, 0) is 25.3 Å². The van der Waals surface area contributed by atoms with Gasteiger partial charge in [-0.2, -0.15) is 0 Å². The lowest BCUT2D eigenvalue weighted by atomic mass is 10.2. The maximum absolute atomic E-state index is 13.1. The molecule has 0 atom stereocenters. The van der Waals surface area contributed by atoms with Crippen LogP contribution in [-0.4, -0.2) is 13.2 Å². The summed E-state index contributed by atoms with van der Waals surface area (Å²) in [6.07, 6.45) is 9.29. The summed E-state index contributed by atoms with van der Waals surface area (Å²) < 4.78 is 24.6. The molecule has 0 saturated carbocycles. The SMILES string of the molecule is CCCCCCOP(=O)(Cc1ccc(C)cc1)OCCCCCC. The molecule has 1 aromatic rings. The van der Waals surface area contributed by atoms with E-state index in [1.807, 2.05) is 24.3 Å². The Morgan fingerprint density at radius 2 is 1.29 bits per heavy atom. The molecule has 0 bridgehead atoms. The van der Waals surface area contributed by atoms with E-state index in [0.29, 0.717) is 19.4 Å². The van der Waals surface area contributed by atoms with Gasteiger partial charge in [-0.1, -0.05) is 82.2 Å². The molecule has 0 unspecified atom stereocenters. The van der Waals surface area contributed by atoms with Crippen molar-refractivity contribution in [1.29, 1.82) is 0 Å². The van der Waals surface area contributed by atoms with Crippen molar-refractivity contribution in [2.45, 2.75) is 78.3 Å². The topological polar surface area (TPSA) is 35.5 Å². The van der Waals surface area contributed by atoms with Gasteiger partial charge in [0.25, 0.3) is 0 Å². The van der Waals surface area contributed by atoms with E-state index in [-0.39, 0.29) is 0 Å². The molecule has 0 spiro atoms. The average Bonchev–Trinajstić information content (AvgIpc) is 2.57. The number of hydrogen-bond donors (Lipinski definition) is 0. The van der Waals surface area contributed by atoms with Crippen LogP contribution in [0.3, 0.4) is 0 Å². The molecular weight excluding hydrogens is 319 g/mol. The molecule has 0 aliphatic carbocycles. The van der Waals surface area contributed by atoms with Crippen LogP contribution < -0.4 is 0 Å². The molecule has 4 heteroatoms. The average molecular weight is 354 g/mol. The van der Waals surface area contributed by atoms with Crippen LogP contribution in [0, 0.1) is 6.92 Å². The smallest absolute Gasteiger partial charge is 0.308 e. The van der Waals surface area contributed by atoms with E-state index in [4.69, 9.17) is 9.05 Å². The minimum atomic E-state index is -3.05. The lowest BCUT2D eigenvalue weighted by Gasteiger charge is -2.19. The Kier molecular flexibility index (Phi) is 11.3. The summed E-state index contributed by atoms with van der Waals surface area (Å²) in [6.45, 7) is 7.47. The van der Waals surface area contributed by atoms with Crippen LogP contribution in [0.2, 0.25) is 0 Å². The van der Waals surface area contributed by atoms with Crippen LogP contribution in [0.15, 0.2) is 24.3 Å². The minimum Gasteiger partial charge on any atom is -0.308 e. The fourth-order valence-electron chi connectivity index (χ4n) is 2.51. The first-order valence-electron chi connectivity index (χ1n) is 9.53. The van der Waals surface area contributed by atoms with Gasteiger partial charge in [0.1, 0.15) is 0 Å². The van der Waals surface area contributed by atoms with E-state index in [2.05, 4.69) is 20.8 Å². The van der Waals surface area contributed by atoms with E-state index < -0.39 is 7.60 Å². The lowest BCUT2D eigenvalue weighted by Crippen LogP contribution is -2.02. The third-order valence-electron chi connectivity index (χ3n) is 4.07. The van der Waals surface area contributed by atoms with E-state index in [1.54, 1.807) is 0 Å². The van der Waals surface area contributed by atoms with Crippen molar-refractivity contribution < 1.29 is 13.6 Å². The number of benzene rings is 1. The second-order valence-corrected chi connectivity index (χ2v) is 8.60. The van der Waals surface area contributed by atoms with E-state index >= 15 is 0 Å². The molecular formula is C20H35O3P. The third kappa shape index (κ3) is 9.61. The highest BCUT2D eigenvalue weighted by atomic mass is 31.2. The highest BCUT2D eigenvalue weighted by Gasteiger charge is 2.25. The Balaban J connectivity index is 2.52. The fraction of sp³-hybridized carbons (Fsp3) is 0.700. The minimum absolute atomic E-state index is 0.370. The normalized spacial score (nSPS) is 11.8. The molecule has 0 radical (unpaired) electrons. The Bertz CT molecular complexity index is 452. The zero-order chi connectivity index (χ0) is 17.7. The lowest BCUT2D eigenvalue weighted by molar-refractivity contribution is 0.197. The summed E-state index contributed by atoms with van der Waals surface area (Å²) in [5, 5.41) is 0. The van der Waals surface area contributed by atoms with Gasteiger partial charge in [-0.3, -0.25) is 4.57 Å². The predicted octanol–water partition coefficient (Wildman–Crippen LogP) is 6.88. The summed E-state index contributed by atoms with van der Waals surface area (Å²) in [4.78, 5) is 0. The van der Waals surface area contributed by atoms with Crippen molar-refractivity contribution in [3.8, 4) is 0 Å². The monoisotopic (exact) mass is 354 g/mol. The van der Waals surface area contributed by atoms with Gasteiger partial charge in [0.05, 0.1) is 19.4 Å². The van der Waals surface area contributed by atoms with Crippen LogP contribution >= 0.6 is 7.60 Å². The summed E-state index contributed by atoms with van der Waals surface area (Å²) >= 11 is 0. The maximum Gasteiger partial charge on any atom is 0.335 e. The van der Waals surface area contributed by atoms with Crippen LogP contribution in [0.25, 0.3) is 0 Å². The fourth-order valence-corrected chi connectivity index (χ4v) is 4.24. The van der Waals surface area contributed by atoms with Gasteiger partial charge in [-0.15, -0.1) is 0 Å². The summed E-state index contributed by atoms with van der Waals surface area (Å²) in [6, 6.07) is 8.12. The molecule has 0 aliphatic heterocycles. The second-order valence-electron chi connectivity index (χ2n) is 6.54. The van der Waals surface area contributed by atoms with E-state index in [0.717, 1.165) is 31.2 Å². The van der Waals surface area contributed by atoms with Gasteiger partial charge in [0.2, 0.25) is 0 Å². The van der Waals surface area contributed by atoms with E-state index in [1.165, 1.54) is 31.2 Å². The van der Waals surface area contributed by atoms with Crippen LogP contribution in [-0.2, 0) is 19.8 Å². The van der Waals surface area contributed by atoms with Crippen LogP contribution in [0.5, 0.6) is 0 Å². The Morgan fingerprint density at radius 3 is 1.75 bits per heavy atom. The molecule has 3 nitrogen and oxygen atoms in total. The first-order valence-corrected chi connectivity index (χ1v) is 11.3. The molecule has 0 aromatic heterocycles. The van der Waals surface area contributed by atoms with Gasteiger partial charge in [0, 0.05) is 0 Å². The molecule has 0 heterocycles. The predicted molar refractivity (Wildman–Crippen MR) is 103 cm³/mol. The molecule has 0 amide bonds. The summed E-state index contributed by atoms with van der Waals surface area (Å²) in [5.41, 5.74) is 2.22. The van der Waals surface area contributed by atoms with E-state index in [9.17, 15) is 4.57 Å². The van der Waals surface area contributed by atoms with Gasteiger partial charge in [-0.25, -0.2) is 0 Å². The van der Waals surface area contributed by atoms with Crippen molar-refractivity contribution in [3.05, 3.63) is 35.4 Å². The standard InChI is InChI=1S/C20H35O3P/c1-4-6-8-10-16-22-24(21,23-17-11-9-7-5-2)18-20-14-12-19(3)13-15-20/h12-15H,4-11,16-18H2,1-3H3. The van der Waals surface area contributed by atoms with Gasteiger partial charge in [0.15, 0.2) is 0 Å². The van der Waals surface area contributed by atoms with Crippen LogP contribution in [0.4, 0.5) is 0 Å². The van der Waals surface area contributed by atoms with Gasteiger partial charge >= 0.3 is 7.60 Å². The van der Waals surface area contributed by atoms with Gasteiger partial charge < -0.3 is 9.05 Å². The van der Waals surface area contributed by atoms with Crippen molar-refractivity contribution in [2.24, 2.45) is 0 Å². The Hall–Kier alpha value is -0.630. The quantitative estimate of drug-likeness (QED) is 0.270. The number of rotatable bonds is 14. The first-order chi connectivity index (χ1) is 11.6. The second kappa shape index (κ2) is 12.7.